The van der Waals surface area contributed by atoms with E-state index in [0.29, 0.717) is 10.2 Å². The molecule has 0 unspecified atom stereocenters. The minimum absolute atomic E-state index is 0.365. The molecule has 0 atom stereocenters. The van der Waals surface area contributed by atoms with Crippen LogP contribution in [0.2, 0.25) is 0 Å². The highest BCUT2D eigenvalue weighted by Gasteiger charge is 2.02. The van der Waals surface area contributed by atoms with Crippen LogP contribution in [0.15, 0.2) is 24.3 Å². The molecule has 0 saturated heterocycles. The topological polar surface area (TPSA) is 17.1 Å². The van der Waals surface area contributed by atoms with Gasteiger partial charge in [-0.05, 0) is 30.4 Å². The first-order valence-corrected chi connectivity index (χ1v) is 6.95. The summed E-state index contributed by atoms with van der Waals surface area (Å²) in [5.74, 6) is 0.365. The van der Waals surface area contributed by atoms with Gasteiger partial charge in [0.15, 0.2) is 0 Å². The number of carbonyl (C=O) groups excluding carboxylic acids is 1. The Morgan fingerprint density at radius 3 is 2.53 bits per heavy atom. The van der Waals surface area contributed by atoms with Crippen molar-refractivity contribution in [2.24, 2.45) is 0 Å². The van der Waals surface area contributed by atoms with Gasteiger partial charge in [0.2, 0.25) is 0 Å². The average Bonchev–Trinajstić information content (AvgIpc) is 2.29. The Hall–Kier alpha value is -0.380. The van der Waals surface area contributed by atoms with Gasteiger partial charge in [0.1, 0.15) is 5.78 Å². The molecule has 0 aromatic heterocycles. The molecule has 15 heavy (non-hydrogen) atoms. The summed E-state index contributed by atoms with van der Waals surface area (Å²) >= 11 is 2.13. The zero-order valence-corrected chi connectivity index (χ0v) is 11.3. The van der Waals surface area contributed by atoms with E-state index in [4.69, 9.17) is 0 Å². The number of hydrogen-bond donors (Lipinski definition) is 0. The largest absolute Gasteiger partial charge is 0.299 e. The van der Waals surface area contributed by atoms with Crippen molar-refractivity contribution in [3.8, 4) is 0 Å². The van der Waals surface area contributed by atoms with Gasteiger partial charge in [-0.3, -0.25) is 4.79 Å². The van der Waals surface area contributed by atoms with E-state index < -0.39 is 0 Å². The molecule has 0 N–H and O–H groups in total. The Morgan fingerprint density at radius 1 is 1.27 bits per heavy atom. The summed E-state index contributed by atoms with van der Waals surface area (Å²) < 4.78 is 0.646. The van der Waals surface area contributed by atoms with Crippen LogP contribution >= 0.6 is 22.6 Å². The summed E-state index contributed by atoms with van der Waals surface area (Å²) in [6.45, 7) is 2.18. The lowest BCUT2D eigenvalue weighted by atomic mass is 10.00. The van der Waals surface area contributed by atoms with Crippen molar-refractivity contribution in [1.82, 2.24) is 0 Å². The van der Waals surface area contributed by atoms with Crippen molar-refractivity contribution in [3.05, 3.63) is 35.4 Å². The number of aryl methyl sites for hydroxylation is 2. The molecule has 0 saturated carbocycles. The molecule has 0 aliphatic carbocycles. The zero-order valence-electron chi connectivity index (χ0n) is 9.13. The van der Waals surface area contributed by atoms with Crippen LogP contribution in [0.5, 0.6) is 0 Å². The van der Waals surface area contributed by atoms with Gasteiger partial charge in [0, 0.05) is 6.42 Å². The first-order chi connectivity index (χ1) is 7.27. The van der Waals surface area contributed by atoms with Crippen molar-refractivity contribution in [1.29, 1.82) is 0 Å². The Morgan fingerprint density at radius 2 is 1.93 bits per heavy atom. The molecule has 1 nitrogen and oxygen atoms in total. The molecule has 0 amide bonds. The number of benzene rings is 1. The molecular weight excluding hydrogens is 299 g/mol. The van der Waals surface area contributed by atoms with Crippen molar-refractivity contribution < 1.29 is 4.79 Å². The number of hydrogen-bond acceptors (Lipinski definition) is 1. The summed E-state index contributed by atoms with van der Waals surface area (Å²) in [4.78, 5) is 11.1. The van der Waals surface area contributed by atoms with E-state index in [1.807, 2.05) is 0 Å². The minimum Gasteiger partial charge on any atom is -0.299 e. The Labute approximate surface area is 105 Å². The van der Waals surface area contributed by atoms with E-state index in [9.17, 15) is 4.79 Å². The van der Waals surface area contributed by atoms with E-state index in [2.05, 4.69) is 53.8 Å². The van der Waals surface area contributed by atoms with Crippen molar-refractivity contribution in [2.75, 3.05) is 4.43 Å². The fourth-order valence-electron chi connectivity index (χ4n) is 1.69. The number of Topliss-reactive ketones (excluding diaryl/α,β-unsaturated/α-hetero) is 1. The normalized spacial score (nSPS) is 10.3. The van der Waals surface area contributed by atoms with Gasteiger partial charge >= 0.3 is 0 Å². The molecular formula is C13H17IO. The van der Waals surface area contributed by atoms with Crippen LogP contribution in [0, 0.1) is 0 Å². The number of ketones is 1. The summed E-state index contributed by atoms with van der Waals surface area (Å²) in [7, 11) is 0. The smallest absolute Gasteiger partial charge is 0.142 e. The maximum atomic E-state index is 11.1. The van der Waals surface area contributed by atoms with Gasteiger partial charge < -0.3 is 0 Å². The second-order valence-corrected chi connectivity index (χ2v) is 4.41. The zero-order chi connectivity index (χ0) is 11.1. The highest BCUT2D eigenvalue weighted by atomic mass is 127. The van der Waals surface area contributed by atoms with Crippen LogP contribution in [0.1, 0.15) is 30.9 Å². The number of rotatable bonds is 6. The van der Waals surface area contributed by atoms with Crippen LogP contribution in [0.25, 0.3) is 0 Å². The molecule has 0 aliphatic heterocycles. The lowest BCUT2D eigenvalue weighted by Gasteiger charge is -2.06. The van der Waals surface area contributed by atoms with Crippen molar-refractivity contribution in [3.63, 3.8) is 0 Å². The monoisotopic (exact) mass is 316 g/mol. The molecule has 0 heterocycles. The fraction of sp³-hybridized carbons (Fsp3) is 0.462. The predicted octanol–water partition coefficient (Wildman–Crippen LogP) is 3.58. The fourth-order valence-corrected chi connectivity index (χ4v) is 2.07. The quantitative estimate of drug-likeness (QED) is 0.579. The third kappa shape index (κ3) is 4.33. The van der Waals surface area contributed by atoms with Crippen molar-refractivity contribution in [2.45, 2.75) is 32.6 Å². The Balaban J connectivity index is 2.46. The molecule has 1 rings (SSSR count). The molecule has 1 aromatic carbocycles. The summed E-state index contributed by atoms with van der Waals surface area (Å²) in [6, 6.07) is 8.51. The summed E-state index contributed by atoms with van der Waals surface area (Å²) in [6.07, 6.45) is 3.82. The SMILES string of the molecule is CCc1ccccc1CCCC(=O)CI. The average molecular weight is 316 g/mol. The van der Waals surface area contributed by atoms with E-state index >= 15 is 0 Å². The standard InChI is InChI=1S/C13H17IO/c1-2-11-6-3-4-7-12(11)8-5-9-13(15)10-14/h3-4,6-7H,2,5,8-10H2,1H3. The summed E-state index contributed by atoms with van der Waals surface area (Å²) in [5.41, 5.74) is 2.82. The number of halogens is 1. The number of alkyl halides is 1. The molecule has 1 aromatic rings. The van der Waals surface area contributed by atoms with Crippen LogP contribution in [0.4, 0.5) is 0 Å². The second kappa shape index (κ2) is 6.99. The van der Waals surface area contributed by atoms with Crippen LogP contribution < -0.4 is 0 Å². The summed E-state index contributed by atoms with van der Waals surface area (Å²) in [5, 5.41) is 0. The minimum atomic E-state index is 0.365. The van der Waals surface area contributed by atoms with E-state index in [0.717, 1.165) is 25.7 Å². The Kier molecular flexibility index (Phi) is 5.91. The molecule has 0 radical (unpaired) electrons. The van der Waals surface area contributed by atoms with Gasteiger partial charge in [-0.15, -0.1) is 0 Å². The van der Waals surface area contributed by atoms with Gasteiger partial charge in [0.05, 0.1) is 4.43 Å². The van der Waals surface area contributed by atoms with Crippen LogP contribution in [-0.4, -0.2) is 10.2 Å². The maximum absolute atomic E-state index is 11.1. The molecule has 0 aliphatic rings. The predicted molar refractivity (Wildman–Crippen MR) is 72.7 cm³/mol. The highest BCUT2D eigenvalue weighted by Crippen LogP contribution is 2.12. The van der Waals surface area contributed by atoms with Gasteiger partial charge in [-0.2, -0.15) is 0 Å². The van der Waals surface area contributed by atoms with E-state index in [1.54, 1.807) is 0 Å². The first kappa shape index (κ1) is 12.7. The second-order valence-electron chi connectivity index (χ2n) is 3.65. The van der Waals surface area contributed by atoms with E-state index in [1.165, 1.54) is 11.1 Å². The third-order valence-electron chi connectivity index (χ3n) is 2.55. The lowest BCUT2D eigenvalue weighted by Crippen LogP contribution is -2.00. The van der Waals surface area contributed by atoms with Crippen LogP contribution in [-0.2, 0) is 17.6 Å². The molecule has 0 spiro atoms. The van der Waals surface area contributed by atoms with E-state index in [-0.39, 0.29) is 0 Å². The lowest BCUT2D eigenvalue weighted by molar-refractivity contribution is -0.116. The molecule has 82 valence electrons. The third-order valence-corrected chi connectivity index (χ3v) is 3.40. The highest BCUT2D eigenvalue weighted by molar-refractivity contribution is 14.1. The molecule has 2 heteroatoms. The number of carbonyl (C=O) groups is 1. The Bertz CT molecular complexity index is 320. The first-order valence-electron chi connectivity index (χ1n) is 5.42. The van der Waals surface area contributed by atoms with Gasteiger partial charge in [0.25, 0.3) is 0 Å². The molecule has 0 fully saturated rings. The van der Waals surface area contributed by atoms with Gasteiger partial charge in [-0.1, -0.05) is 53.8 Å². The maximum Gasteiger partial charge on any atom is 0.142 e. The molecule has 0 bridgehead atoms. The van der Waals surface area contributed by atoms with Crippen molar-refractivity contribution >= 4 is 28.4 Å². The van der Waals surface area contributed by atoms with Crippen LogP contribution in [0.3, 0.4) is 0 Å². The van der Waals surface area contributed by atoms with Gasteiger partial charge in [-0.25, -0.2) is 0 Å².